The molecule has 0 radical (unpaired) electrons. The standard InChI is InChI=1S/C14H19NO4/c1-4-19-14(17)8-7-13(16)15-11-6-5-10(2)9-12(11)18-3/h5-6,9H,4,7-8H2,1-3H3,(H,15,16). The maximum absolute atomic E-state index is 11.7. The molecular formula is C14H19NO4. The van der Waals surface area contributed by atoms with Crippen LogP contribution in [0.25, 0.3) is 0 Å². The number of esters is 1. The van der Waals surface area contributed by atoms with Gasteiger partial charge in [0.2, 0.25) is 5.91 Å². The molecule has 0 aliphatic rings. The summed E-state index contributed by atoms with van der Waals surface area (Å²) in [6.07, 6.45) is 0.170. The summed E-state index contributed by atoms with van der Waals surface area (Å²) >= 11 is 0. The summed E-state index contributed by atoms with van der Waals surface area (Å²) in [5.41, 5.74) is 1.64. The molecule has 0 spiro atoms. The van der Waals surface area contributed by atoms with Crippen LogP contribution in [0.15, 0.2) is 18.2 Å². The number of carbonyl (C=O) groups excluding carboxylic acids is 2. The number of nitrogens with one attached hydrogen (secondary N) is 1. The van der Waals surface area contributed by atoms with Crippen LogP contribution in [0.1, 0.15) is 25.3 Å². The molecular weight excluding hydrogens is 246 g/mol. The highest BCUT2D eigenvalue weighted by molar-refractivity contribution is 5.93. The second-order valence-electron chi connectivity index (χ2n) is 4.06. The second-order valence-corrected chi connectivity index (χ2v) is 4.06. The number of benzene rings is 1. The smallest absolute Gasteiger partial charge is 0.306 e. The zero-order valence-corrected chi connectivity index (χ0v) is 11.5. The van der Waals surface area contributed by atoms with E-state index in [-0.39, 0.29) is 24.7 Å². The zero-order valence-electron chi connectivity index (χ0n) is 11.5. The molecule has 0 aliphatic heterocycles. The molecule has 1 N–H and O–H groups in total. The van der Waals surface area contributed by atoms with Gasteiger partial charge in [0.25, 0.3) is 0 Å². The minimum absolute atomic E-state index is 0.0772. The third kappa shape index (κ3) is 4.99. The fourth-order valence-corrected chi connectivity index (χ4v) is 1.56. The van der Waals surface area contributed by atoms with E-state index in [0.717, 1.165) is 5.56 Å². The Hall–Kier alpha value is -2.04. The molecule has 5 nitrogen and oxygen atoms in total. The van der Waals surface area contributed by atoms with Crippen molar-refractivity contribution >= 4 is 17.6 Å². The monoisotopic (exact) mass is 265 g/mol. The summed E-state index contributed by atoms with van der Waals surface area (Å²) in [6, 6.07) is 5.49. The largest absolute Gasteiger partial charge is 0.495 e. The molecule has 1 amide bonds. The lowest BCUT2D eigenvalue weighted by Gasteiger charge is -2.10. The van der Waals surface area contributed by atoms with E-state index in [9.17, 15) is 9.59 Å². The Kier molecular flexibility index (Phi) is 5.85. The molecule has 0 aliphatic carbocycles. The van der Waals surface area contributed by atoms with E-state index in [2.05, 4.69) is 5.32 Å². The van der Waals surface area contributed by atoms with E-state index in [1.54, 1.807) is 20.1 Å². The molecule has 0 unspecified atom stereocenters. The van der Waals surface area contributed by atoms with Gasteiger partial charge in [-0.2, -0.15) is 0 Å². The third-order valence-corrected chi connectivity index (χ3v) is 2.49. The maximum atomic E-state index is 11.7. The first-order valence-corrected chi connectivity index (χ1v) is 6.17. The molecule has 19 heavy (non-hydrogen) atoms. The van der Waals surface area contributed by atoms with Gasteiger partial charge in [-0.25, -0.2) is 0 Å². The first-order valence-electron chi connectivity index (χ1n) is 6.17. The van der Waals surface area contributed by atoms with Crippen molar-refractivity contribution in [3.63, 3.8) is 0 Å². The van der Waals surface area contributed by atoms with Gasteiger partial charge in [0.05, 0.1) is 25.8 Å². The molecule has 0 heterocycles. The lowest BCUT2D eigenvalue weighted by atomic mass is 10.2. The SMILES string of the molecule is CCOC(=O)CCC(=O)Nc1ccc(C)cc1OC. The van der Waals surface area contributed by atoms with Gasteiger partial charge in [-0.3, -0.25) is 9.59 Å². The van der Waals surface area contributed by atoms with Gasteiger partial charge in [-0.05, 0) is 31.5 Å². The van der Waals surface area contributed by atoms with Crippen LogP contribution in [-0.4, -0.2) is 25.6 Å². The molecule has 0 aromatic heterocycles. The molecule has 0 saturated heterocycles. The number of methoxy groups -OCH3 is 1. The number of rotatable bonds is 6. The highest BCUT2D eigenvalue weighted by atomic mass is 16.5. The number of ether oxygens (including phenoxy) is 2. The van der Waals surface area contributed by atoms with Crippen molar-refractivity contribution in [1.82, 2.24) is 0 Å². The van der Waals surface area contributed by atoms with E-state index in [0.29, 0.717) is 18.0 Å². The van der Waals surface area contributed by atoms with E-state index in [1.165, 1.54) is 0 Å². The lowest BCUT2D eigenvalue weighted by Crippen LogP contribution is -2.15. The van der Waals surface area contributed by atoms with Crippen LogP contribution in [0.4, 0.5) is 5.69 Å². The average Bonchev–Trinajstić information content (AvgIpc) is 2.39. The van der Waals surface area contributed by atoms with Crippen molar-refractivity contribution in [2.45, 2.75) is 26.7 Å². The predicted molar refractivity (Wildman–Crippen MR) is 72.2 cm³/mol. The number of hydrogen-bond donors (Lipinski definition) is 1. The molecule has 1 rings (SSSR count). The normalized spacial score (nSPS) is 9.84. The number of aryl methyl sites for hydroxylation is 1. The van der Waals surface area contributed by atoms with Gasteiger partial charge in [0.15, 0.2) is 0 Å². The van der Waals surface area contributed by atoms with Crippen molar-refractivity contribution in [3.05, 3.63) is 23.8 Å². The van der Waals surface area contributed by atoms with Crippen LogP contribution in [-0.2, 0) is 14.3 Å². The first-order chi connectivity index (χ1) is 9.06. The maximum Gasteiger partial charge on any atom is 0.306 e. The van der Waals surface area contributed by atoms with Crippen LogP contribution in [0.3, 0.4) is 0 Å². The molecule has 0 bridgehead atoms. The summed E-state index contributed by atoms with van der Waals surface area (Å²) < 4.78 is 9.94. The van der Waals surface area contributed by atoms with Crippen LogP contribution >= 0.6 is 0 Å². The van der Waals surface area contributed by atoms with Crippen molar-refractivity contribution in [2.75, 3.05) is 19.0 Å². The Balaban J connectivity index is 2.55. The predicted octanol–water partition coefficient (Wildman–Crippen LogP) is 2.29. The van der Waals surface area contributed by atoms with E-state index in [4.69, 9.17) is 9.47 Å². The van der Waals surface area contributed by atoms with Crippen LogP contribution in [0, 0.1) is 6.92 Å². The molecule has 104 valence electrons. The number of carbonyl (C=O) groups is 2. The van der Waals surface area contributed by atoms with Gasteiger partial charge in [-0.1, -0.05) is 6.07 Å². The van der Waals surface area contributed by atoms with E-state index < -0.39 is 0 Å². The Morgan fingerprint density at radius 3 is 2.63 bits per heavy atom. The fraction of sp³-hybridized carbons (Fsp3) is 0.429. The second kappa shape index (κ2) is 7.41. The average molecular weight is 265 g/mol. The number of anilines is 1. The Morgan fingerprint density at radius 2 is 2.00 bits per heavy atom. The lowest BCUT2D eigenvalue weighted by molar-refractivity contribution is -0.144. The highest BCUT2D eigenvalue weighted by Crippen LogP contribution is 2.25. The molecule has 0 fully saturated rings. The van der Waals surface area contributed by atoms with Crippen molar-refractivity contribution in [3.8, 4) is 5.75 Å². The fourth-order valence-electron chi connectivity index (χ4n) is 1.56. The van der Waals surface area contributed by atoms with Crippen LogP contribution in [0.2, 0.25) is 0 Å². The molecule has 5 heteroatoms. The quantitative estimate of drug-likeness (QED) is 0.801. The van der Waals surface area contributed by atoms with Gasteiger partial charge >= 0.3 is 5.97 Å². The van der Waals surface area contributed by atoms with E-state index in [1.807, 2.05) is 19.1 Å². The summed E-state index contributed by atoms with van der Waals surface area (Å²) in [7, 11) is 1.54. The summed E-state index contributed by atoms with van der Waals surface area (Å²) in [6.45, 7) is 4.00. The van der Waals surface area contributed by atoms with Crippen molar-refractivity contribution < 1.29 is 19.1 Å². The first kappa shape index (κ1) is 15.0. The van der Waals surface area contributed by atoms with Gasteiger partial charge in [0, 0.05) is 6.42 Å². The Bertz CT molecular complexity index is 457. The van der Waals surface area contributed by atoms with Gasteiger partial charge < -0.3 is 14.8 Å². The number of hydrogen-bond acceptors (Lipinski definition) is 4. The summed E-state index contributed by atoms with van der Waals surface area (Å²) in [5.74, 6) is -0.00629. The summed E-state index contributed by atoms with van der Waals surface area (Å²) in [5, 5.41) is 2.71. The Morgan fingerprint density at radius 1 is 1.26 bits per heavy atom. The molecule has 1 aromatic rings. The molecule has 1 aromatic carbocycles. The summed E-state index contributed by atoms with van der Waals surface area (Å²) in [4.78, 5) is 22.8. The van der Waals surface area contributed by atoms with Crippen LogP contribution < -0.4 is 10.1 Å². The molecule has 0 atom stereocenters. The third-order valence-electron chi connectivity index (χ3n) is 2.49. The van der Waals surface area contributed by atoms with Crippen molar-refractivity contribution in [1.29, 1.82) is 0 Å². The van der Waals surface area contributed by atoms with Crippen molar-refractivity contribution in [2.24, 2.45) is 0 Å². The Labute approximate surface area is 112 Å². The van der Waals surface area contributed by atoms with Gasteiger partial charge in [0.1, 0.15) is 5.75 Å². The number of amides is 1. The van der Waals surface area contributed by atoms with Crippen LogP contribution in [0.5, 0.6) is 5.75 Å². The molecule has 0 saturated carbocycles. The zero-order chi connectivity index (χ0) is 14.3. The topological polar surface area (TPSA) is 64.6 Å². The minimum atomic E-state index is -0.367. The van der Waals surface area contributed by atoms with E-state index >= 15 is 0 Å². The highest BCUT2D eigenvalue weighted by Gasteiger charge is 2.10. The van der Waals surface area contributed by atoms with Gasteiger partial charge in [-0.15, -0.1) is 0 Å². The minimum Gasteiger partial charge on any atom is -0.495 e.